The van der Waals surface area contributed by atoms with E-state index in [2.05, 4.69) is 10.3 Å². The molecule has 0 fully saturated rings. The number of carboxylic acid groups (broad SMARTS) is 1. The number of amides is 1. The van der Waals surface area contributed by atoms with Crippen molar-refractivity contribution in [1.29, 1.82) is 0 Å². The van der Waals surface area contributed by atoms with Crippen LogP contribution < -0.4 is 5.32 Å². The van der Waals surface area contributed by atoms with Crippen molar-refractivity contribution >= 4 is 23.6 Å². The normalized spacial score (nSPS) is 12.1. The SMILES string of the molecule is CCCC[C@H](NC(=O)c1ccc(CSc2nccn2C)o1)C(=O)O. The third-order valence-corrected chi connectivity index (χ3v) is 4.54. The highest BCUT2D eigenvalue weighted by Gasteiger charge is 2.21. The average Bonchev–Trinajstić information content (AvgIpc) is 3.18. The highest BCUT2D eigenvalue weighted by atomic mass is 32.2. The molecule has 0 unspecified atom stereocenters. The van der Waals surface area contributed by atoms with Crippen molar-refractivity contribution in [2.24, 2.45) is 7.05 Å². The van der Waals surface area contributed by atoms with Gasteiger partial charge in [0.2, 0.25) is 0 Å². The number of carbonyl (C=O) groups excluding carboxylic acids is 1. The molecule has 0 bridgehead atoms. The Balaban J connectivity index is 1.92. The van der Waals surface area contributed by atoms with Gasteiger partial charge in [-0.3, -0.25) is 4.79 Å². The molecule has 0 saturated carbocycles. The van der Waals surface area contributed by atoms with Crippen molar-refractivity contribution in [2.45, 2.75) is 43.1 Å². The molecular formula is C16H21N3O4S. The molecule has 2 N–H and O–H groups in total. The number of carboxylic acids is 1. The first-order chi connectivity index (χ1) is 11.5. The van der Waals surface area contributed by atoms with Crippen molar-refractivity contribution in [3.05, 3.63) is 36.0 Å². The number of aromatic nitrogens is 2. The van der Waals surface area contributed by atoms with Gasteiger partial charge in [-0.05, 0) is 18.6 Å². The van der Waals surface area contributed by atoms with E-state index in [0.717, 1.165) is 18.0 Å². The average molecular weight is 351 g/mol. The Morgan fingerprint density at radius 1 is 1.46 bits per heavy atom. The largest absolute Gasteiger partial charge is 0.480 e. The van der Waals surface area contributed by atoms with E-state index in [-0.39, 0.29) is 5.76 Å². The molecule has 0 aliphatic rings. The number of furan rings is 1. The van der Waals surface area contributed by atoms with Gasteiger partial charge in [0.15, 0.2) is 10.9 Å². The van der Waals surface area contributed by atoms with Crippen LogP contribution in [0, 0.1) is 0 Å². The van der Waals surface area contributed by atoms with Gasteiger partial charge >= 0.3 is 5.97 Å². The summed E-state index contributed by atoms with van der Waals surface area (Å²) < 4.78 is 7.40. The van der Waals surface area contributed by atoms with Crippen LogP contribution in [0.25, 0.3) is 0 Å². The molecule has 2 rings (SSSR count). The molecule has 0 saturated heterocycles. The number of aryl methyl sites for hydroxylation is 1. The predicted molar refractivity (Wildman–Crippen MR) is 89.9 cm³/mol. The van der Waals surface area contributed by atoms with Gasteiger partial charge in [0.25, 0.3) is 5.91 Å². The van der Waals surface area contributed by atoms with E-state index in [1.807, 2.05) is 24.7 Å². The van der Waals surface area contributed by atoms with Crippen LogP contribution in [-0.4, -0.2) is 32.6 Å². The minimum Gasteiger partial charge on any atom is -0.480 e. The molecule has 0 aliphatic carbocycles. The number of rotatable bonds is 9. The maximum atomic E-state index is 12.1. The monoisotopic (exact) mass is 351 g/mol. The van der Waals surface area contributed by atoms with Gasteiger partial charge in [-0.25, -0.2) is 9.78 Å². The summed E-state index contributed by atoms with van der Waals surface area (Å²) in [4.78, 5) is 27.5. The lowest BCUT2D eigenvalue weighted by molar-refractivity contribution is -0.139. The highest BCUT2D eigenvalue weighted by Crippen LogP contribution is 2.22. The minimum absolute atomic E-state index is 0.119. The minimum atomic E-state index is -1.03. The molecule has 24 heavy (non-hydrogen) atoms. The van der Waals surface area contributed by atoms with E-state index >= 15 is 0 Å². The van der Waals surface area contributed by atoms with Gasteiger partial charge in [-0.2, -0.15) is 0 Å². The summed E-state index contributed by atoms with van der Waals surface area (Å²) >= 11 is 1.49. The summed E-state index contributed by atoms with van der Waals surface area (Å²) in [6.07, 6.45) is 5.58. The Labute approximate surface area is 144 Å². The Hall–Kier alpha value is -2.22. The first-order valence-electron chi connectivity index (χ1n) is 7.73. The fourth-order valence-electron chi connectivity index (χ4n) is 2.10. The van der Waals surface area contributed by atoms with Crippen LogP contribution in [0.5, 0.6) is 0 Å². The van der Waals surface area contributed by atoms with E-state index < -0.39 is 17.9 Å². The van der Waals surface area contributed by atoms with E-state index in [1.54, 1.807) is 18.3 Å². The van der Waals surface area contributed by atoms with Crippen LogP contribution in [0.1, 0.15) is 42.5 Å². The molecule has 0 aromatic carbocycles. The molecule has 8 heteroatoms. The topological polar surface area (TPSA) is 97.4 Å². The number of aliphatic carboxylic acids is 1. The van der Waals surface area contributed by atoms with E-state index in [4.69, 9.17) is 9.52 Å². The van der Waals surface area contributed by atoms with Crippen molar-refractivity contribution in [3.63, 3.8) is 0 Å². The zero-order valence-corrected chi connectivity index (χ0v) is 14.5. The second kappa shape index (κ2) is 8.58. The van der Waals surface area contributed by atoms with Crippen molar-refractivity contribution in [1.82, 2.24) is 14.9 Å². The Morgan fingerprint density at radius 3 is 2.88 bits per heavy atom. The summed E-state index contributed by atoms with van der Waals surface area (Å²) in [6, 6.07) is 2.38. The fourth-order valence-corrected chi connectivity index (χ4v) is 2.93. The molecule has 0 radical (unpaired) electrons. The van der Waals surface area contributed by atoms with Crippen molar-refractivity contribution in [2.75, 3.05) is 0 Å². The number of hydrogen-bond donors (Lipinski definition) is 2. The summed E-state index contributed by atoms with van der Waals surface area (Å²) in [5.74, 6) is -0.251. The summed E-state index contributed by atoms with van der Waals surface area (Å²) in [5.41, 5.74) is 0. The van der Waals surface area contributed by atoms with Crippen LogP contribution in [-0.2, 0) is 17.6 Å². The molecule has 0 spiro atoms. The molecule has 2 aromatic rings. The number of carbonyl (C=O) groups is 2. The van der Waals surface area contributed by atoms with Crippen LogP contribution in [0.2, 0.25) is 0 Å². The van der Waals surface area contributed by atoms with E-state index in [1.165, 1.54) is 11.8 Å². The molecule has 0 aliphatic heterocycles. The lowest BCUT2D eigenvalue weighted by Crippen LogP contribution is -2.40. The maximum Gasteiger partial charge on any atom is 0.326 e. The van der Waals surface area contributed by atoms with Gasteiger partial charge < -0.3 is 19.4 Å². The molecule has 1 amide bonds. The molecule has 130 valence electrons. The van der Waals surface area contributed by atoms with Crippen LogP contribution in [0.15, 0.2) is 34.1 Å². The van der Waals surface area contributed by atoms with E-state index in [0.29, 0.717) is 17.9 Å². The van der Waals surface area contributed by atoms with Gasteiger partial charge in [0, 0.05) is 19.4 Å². The van der Waals surface area contributed by atoms with Crippen molar-refractivity contribution in [3.8, 4) is 0 Å². The molecule has 7 nitrogen and oxygen atoms in total. The second-order valence-electron chi connectivity index (χ2n) is 5.38. The van der Waals surface area contributed by atoms with E-state index in [9.17, 15) is 9.59 Å². The molecule has 1 atom stereocenters. The second-order valence-corrected chi connectivity index (χ2v) is 6.32. The quantitative estimate of drug-likeness (QED) is 0.674. The zero-order valence-electron chi connectivity index (χ0n) is 13.7. The molecular weight excluding hydrogens is 330 g/mol. The Bertz CT molecular complexity index is 695. The number of nitrogens with one attached hydrogen (secondary N) is 1. The van der Waals surface area contributed by atoms with Crippen molar-refractivity contribution < 1.29 is 19.1 Å². The predicted octanol–water partition coefficient (Wildman–Crippen LogP) is 2.68. The van der Waals surface area contributed by atoms with Crippen LogP contribution >= 0.6 is 11.8 Å². The standard InChI is InChI=1S/C16H21N3O4S/c1-3-4-5-12(15(21)22)18-14(20)13-7-6-11(23-13)10-24-16-17-8-9-19(16)2/h6-9,12H,3-5,10H2,1-2H3,(H,18,20)(H,21,22)/t12-/m0/s1. The van der Waals surface area contributed by atoms with Gasteiger partial charge in [-0.1, -0.05) is 31.5 Å². The van der Waals surface area contributed by atoms with Crippen LogP contribution in [0.3, 0.4) is 0 Å². The maximum absolute atomic E-state index is 12.1. The number of nitrogens with zero attached hydrogens (tertiary/aromatic N) is 2. The van der Waals surface area contributed by atoms with Gasteiger partial charge in [0.1, 0.15) is 11.8 Å². The highest BCUT2D eigenvalue weighted by molar-refractivity contribution is 7.98. The fraction of sp³-hybridized carbons (Fsp3) is 0.438. The number of hydrogen-bond acceptors (Lipinski definition) is 5. The summed E-state index contributed by atoms with van der Waals surface area (Å²) in [7, 11) is 1.90. The zero-order chi connectivity index (χ0) is 17.5. The molecule has 2 aromatic heterocycles. The molecule has 2 heterocycles. The third kappa shape index (κ3) is 4.89. The lowest BCUT2D eigenvalue weighted by atomic mass is 10.1. The van der Waals surface area contributed by atoms with Gasteiger partial charge in [0.05, 0.1) is 5.75 Å². The Kier molecular flexibility index (Phi) is 6.48. The first-order valence-corrected chi connectivity index (χ1v) is 8.72. The smallest absolute Gasteiger partial charge is 0.326 e. The van der Waals surface area contributed by atoms with Crippen LogP contribution in [0.4, 0.5) is 0 Å². The Morgan fingerprint density at radius 2 is 2.25 bits per heavy atom. The summed E-state index contributed by atoms with van der Waals surface area (Å²) in [6.45, 7) is 1.97. The summed E-state index contributed by atoms with van der Waals surface area (Å²) in [5, 5.41) is 12.5. The van der Waals surface area contributed by atoms with Gasteiger partial charge in [-0.15, -0.1) is 0 Å². The lowest BCUT2D eigenvalue weighted by Gasteiger charge is -2.12. The number of unbranched alkanes of at least 4 members (excludes halogenated alkanes) is 1. The third-order valence-electron chi connectivity index (χ3n) is 3.46. The first kappa shape index (κ1) is 18.1. The number of imidazole rings is 1. The number of thioether (sulfide) groups is 1.